The van der Waals surface area contributed by atoms with Gasteiger partial charge in [-0.3, -0.25) is 0 Å². The normalized spacial score (nSPS) is 10.9. The highest BCUT2D eigenvalue weighted by Gasteiger charge is 2.09. The van der Waals surface area contributed by atoms with Gasteiger partial charge in [-0.2, -0.15) is 9.97 Å². The average molecular weight is 387 g/mol. The lowest BCUT2D eigenvalue weighted by Crippen LogP contribution is -2.26. The number of nitrogens with two attached hydrogens (primary N) is 2. The summed E-state index contributed by atoms with van der Waals surface area (Å²) in [5, 5.41) is 2.67. The van der Waals surface area contributed by atoms with Crippen molar-refractivity contribution in [3.05, 3.63) is 42.0 Å². The Balaban J connectivity index is 1.33. The van der Waals surface area contributed by atoms with Crippen LogP contribution in [0.3, 0.4) is 0 Å². The number of unbranched alkanes of at least 4 members (excludes halogenated alkanes) is 1. The zero-order valence-corrected chi connectivity index (χ0v) is 15.3. The SMILES string of the molecule is Nc1nc(N)c2ncn(CCCCOC(=O)NCCc3ccc(F)cc3)c2n1. The summed E-state index contributed by atoms with van der Waals surface area (Å²) in [7, 11) is 0. The van der Waals surface area contributed by atoms with E-state index in [0.29, 0.717) is 43.7 Å². The molecule has 10 heteroatoms. The number of hydrogen-bond acceptors (Lipinski definition) is 7. The van der Waals surface area contributed by atoms with Crippen molar-refractivity contribution in [2.45, 2.75) is 25.8 Å². The van der Waals surface area contributed by atoms with Crippen molar-refractivity contribution in [2.75, 3.05) is 24.6 Å². The second-order valence-electron chi connectivity index (χ2n) is 6.22. The smallest absolute Gasteiger partial charge is 0.407 e. The molecule has 0 atom stereocenters. The Morgan fingerprint density at radius 3 is 2.75 bits per heavy atom. The van der Waals surface area contributed by atoms with E-state index in [9.17, 15) is 9.18 Å². The predicted molar refractivity (Wildman–Crippen MR) is 103 cm³/mol. The van der Waals surface area contributed by atoms with Crippen LogP contribution in [0.25, 0.3) is 11.2 Å². The third-order valence-electron chi connectivity index (χ3n) is 4.13. The number of carbonyl (C=O) groups is 1. The number of aryl methyl sites for hydroxylation is 1. The van der Waals surface area contributed by atoms with Gasteiger partial charge in [-0.25, -0.2) is 14.2 Å². The van der Waals surface area contributed by atoms with Gasteiger partial charge in [0.15, 0.2) is 11.5 Å². The van der Waals surface area contributed by atoms with E-state index in [1.54, 1.807) is 18.5 Å². The number of alkyl carbamates (subject to hydrolysis) is 1. The number of hydrogen-bond donors (Lipinski definition) is 3. The molecule has 0 aliphatic carbocycles. The van der Waals surface area contributed by atoms with Gasteiger partial charge in [-0.1, -0.05) is 12.1 Å². The number of amides is 1. The second kappa shape index (κ2) is 8.98. The molecule has 9 nitrogen and oxygen atoms in total. The van der Waals surface area contributed by atoms with E-state index in [0.717, 1.165) is 12.0 Å². The van der Waals surface area contributed by atoms with Crippen LogP contribution in [-0.2, 0) is 17.7 Å². The molecule has 0 unspecified atom stereocenters. The van der Waals surface area contributed by atoms with Gasteiger partial charge in [-0.05, 0) is 37.0 Å². The van der Waals surface area contributed by atoms with Crippen LogP contribution in [0.15, 0.2) is 30.6 Å². The maximum Gasteiger partial charge on any atom is 0.407 e. The number of ether oxygens (including phenoxy) is 1. The maximum atomic E-state index is 12.8. The van der Waals surface area contributed by atoms with Crippen molar-refractivity contribution < 1.29 is 13.9 Å². The molecule has 148 valence electrons. The van der Waals surface area contributed by atoms with E-state index >= 15 is 0 Å². The minimum Gasteiger partial charge on any atom is -0.450 e. The Bertz CT molecular complexity index is 943. The molecule has 0 saturated carbocycles. The lowest BCUT2D eigenvalue weighted by molar-refractivity contribution is 0.144. The minimum atomic E-state index is -0.469. The van der Waals surface area contributed by atoms with Crippen molar-refractivity contribution in [1.82, 2.24) is 24.8 Å². The third-order valence-corrected chi connectivity index (χ3v) is 4.13. The van der Waals surface area contributed by atoms with Crippen LogP contribution < -0.4 is 16.8 Å². The lowest BCUT2D eigenvalue weighted by Gasteiger charge is -2.08. The van der Waals surface area contributed by atoms with Gasteiger partial charge < -0.3 is 26.1 Å². The van der Waals surface area contributed by atoms with Crippen molar-refractivity contribution >= 4 is 29.0 Å². The summed E-state index contributed by atoms with van der Waals surface area (Å²) in [6.07, 6.45) is 3.22. The summed E-state index contributed by atoms with van der Waals surface area (Å²) in [5.74, 6) is 0.0773. The lowest BCUT2D eigenvalue weighted by atomic mass is 10.1. The number of nitrogen functional groups attached to an aromatic ring is 2. The third kappa shape index (κ3) is 5.06. The Morgan fingerprint density at radius 2 is 1.96 bits per heavy atom. The van der Waals surface area contributed by atoms with E-state index in [2.05, 4.69) is 20.3 Å². The zero-order chi connectivity index (χ0) is 19.9. The average Bonchev–Trinajstić information content (AvgIpc) is 3.06. The van der Waals surface area contributed by atoms with Crippen molar-refractivity contribution in [2.24, 2.45) is 0 Å². The van der Waals surface area contributed by atoms with Crippen LogP contribution in [0.1, 0.15) is 18.4 Å². The molecular weight excluding hydrogens is 365 g/mol. The van der Waals surface area contributed by atoms with Crippen LogP contribution in [0.4, 0.5) is 21.0 Å². The fourth-order valence-corrected chi connectivity index (χ4v) is 2.71. The van der Waals surface area contributed by atoms with Crippen LogP contribution in [0, 0.1) is 5.82 Å². The molecule has 5 N–H and O–H groups in total. The second-order valence-corrected chi connectivity index (χ2v) is 6.22. The molecule has 0 bridgehead atoms. The number of rotatable bonds is 8. The number of imidazole rings is 1. The molecule has 0 aliphatic rings. The van der Waals surface area contributed by atoms with Crippen LogP contribution in [-0.4, -0.2) is 38.8 Å². The van der Waals surface area contributed by atoms with E-state index in [1.807, 2.05) is 4.57 Å². The number of nitrogens with one attached hydrogen (secondary N) is 1. The molecule has 2 heterocycles. The van der Waals surface area contributed by atoms with Gasteiger partial charge in [0, 0.05) is 13.1 Å². The Labute approximate surface area is 160 Å². The predicted octanol–water partition coefficient (Wildman–Crippen LogP) is 1.88. The van der Waals surface area contributed by atoms with Crippen LogP contribution in [0.5, 0.6) is 0 Å². The molecule has 1 aromatic carbocycles. The standard InChI is InChI=1S/C18H22FN7O2/c19-13-5-3-12(4-6-13)7-8-22-18(27)28-10-2-1-9-26-11-23-14-15(20)24-17(21)25-16(14)26/h3-6,11H,1-2,7-10H2,(H,22,27)(H4,20,21,24,25). The van der Waals surface area contributed by atoms with E-state index in [-0.39, 0.29) is 17.6 Å². The van der Waals surface area contributed by atoms with Crippen LogP contribution >= 0.6 is 0 Å². The summed E-state index contributed by atoms with van der Waals surface area (Å²) >= 11 is 0. The molecule has 28 heavy (non-hydrogen) atoms. The first-order chi connectivity index (χ1) is 13.5. The molecule has 0 fully saturated rings. The van der Waals surface area contributed by atoms with Crippen LogP contribution in [0.2, 0.25) is 0 Å². The van der Waals surface area contributed by atoms with Gasteiger partial charge >= 0.3 is 6.09 Å². The fourth-order valence-electron chi connectivity index (χ4n) is 2.71. The summed E-state index contributed by atoms with van der Waals surface area (Å²) in [5.41, 5.74) is 13.4. The number of nitrogens with zero attached hydrogens (tertiary/aromatic N) is 4. The summed E-state index contributed by atoms with van der Waals surface area (Å²) in [6, 6.07) is 6.17. The van der Waals surface area contributed by atoms with Gasteiger partial charge in [0.2, 0.25) is 5.95 Å². The first-order valence-electron chi connectivity index (χ1n) is 8.92. The molecule has 0 spiro atoms. The van der Waals surface area contributed by atoms with Crippen molar-refractivity contribution in [1.29, 1.82) is 0 Å². The Morgan fingerprint density at radius 1 is 1.18 bits per heavy atom. The Kier molecular flexibility index (Phi) is 6.20. The van der Waals surface area contributed by atoms with Gasteiger partial charge in [-0.15, -0.1) is 0 Å². The minimum absolute atomic E-state index is 0.104. The molecule has 3 aromatic rings. The number of aromatic nitrogens is 4. The summed E-state index contributed by atoms with van der Waals surface area (Å²) in [4.78, 5) is 23.9. The van der Waals surface area contributed by atoms with Gasteiger partial charge in [0.25, 0.3) is 0 Å². The largest absolute Gasteiger partial charge is 0.450 e. The molecule has 0 aliphatic heterocycles. The number of carbonyl (C=O) groups excluding carboxylic acids is 1. The highest BCUT2D eigenvalue weighted by atomic mass is 19.1. The number of benzene rings is 1. The van der Waals surface area contributed by atoms with Crippen molar-refractivity contribution in [3.8, 4) is 0 Å². The highest BCUT2D eigenvalue weighted by Crippen LogP contribution is 2.17. The quantitative estimate of drug-likeness (QED) is 0.502. The first kappa shape index (κ1) is 19.3. The molecule has 1 amide bonds. The highest BCUT2D eigenvalue weighted by molar-refractivity contribution is 5.82. The molecule has 0 radical (unpaired) electrons. The maximum absolute atomic E-state index is 12.8. The first-order valence-corrected chi connectivity index (χ1v) is 8.92. The number of fused-ring (bicyclic) bond motifs is 1. The van der Waals surface area contributed by atoms with E-state index in [4.69, 9.17) is 16.2 Å². The fraction of sp³-hybridized carbons (Fsp3) is 0.333. The molecule has 3 rings (SSSR count). The monoisotopic (exact) mass is 387 g/mol. The topological polar surface area (TPSA) is 134 Å². The van der Waals surface area contributed by atoms with Crippen molar-refractivity contribution in [3.63, 3.8) is 0 Å². The zero-order valence-electron chi connectivity index (χ0n) is 15.3. The molecule has 0 saturated heterocycles. The summed E-state index contributed by atoms with van der Waals surface area (Å²) in [6.45, 7) is 1.37. The summed E-state index contributed by atoms with van der Waals surface area (Å²) < 4.78 is 19.8. The van der Waals surface area contributed by atoms with E-state index < -0.39 is 6.09 Å². The number of anilines is 2. The number of halogens is 1. The van der Waals surface area contributed by atoms with Gasteiger partial charge in [0.1, 0.15) is 11.3 Å². The van der Waals surface area contributed by atoms with Gasteiger partial charge in [0.05, 0.1) is 12.9 Å². The van der Waals surface area contributed by atoms with E-state index in [1.165, 1.54) is 12.1 Å². The Hall–Kier alpha value is -3.43. The molecule has 2 aromatic heterocycles. The molecular formula is C18H22FN7O2.